The Bertz CT molecular complexity index is 915. The van der Waals surface area contributed by atoms with Crippen molar-refractivity contribution in [3.63, 3.8) is 0 Å². The molecule has 3 rings (SSSR count). The number of amides is 1. The number of hydrogen-bond acceptors (Lipinski definition) is 7. The minimum absolute atomic E-state index is 0.155. The number of aryl methyl sites for hydroxylation is 1. The lowest BCUT2D eigenvalue weighted by atomic mass is 10.0. The van der Waals surface area contributed by atoms with Crippen molar-refractivity contribution < 1.29 is 14.1 Å². The molecule has 1 unspecified atom stereocenters. The SMILES string of the molecule is COCCc1noc(C2CCCCN2C(=O)Cn2cc(C)c(=O)[nH]c2=O)n1. The molecule has 0 spiro atoms. The zero-order chi connectivity index (χ0) is 19.4. The van der Waals surface area contributed by atoms with Gasteiger partial charge in [-0.3, -0.25) is 19.1 Å². The van der Waals surface area contributed by atoms with Crippen LogP contribution in [0.3, 0.4) is 0 Å². The molecule has 0 aromatic carbocycles. The van der Waals surface area contributed by atoms with Gasteiger partial charge in [0.05, 0.1) is 6.61 Å². The maximum absolute atomic E-state index is 12.8. The molecule has 0 bridgehead atoms. The smallest absolute Gasteiger partial charge is 0.328 e. The molecule has 2 aromatic rings. The molecule has 1 N–H and O–H groups in total. The molecule has 1 atom stereocenters. The van der Waals surface area contributed by atoms with Crippen molar-refractivity contribution >= 4 is 5.91 Å². The number of carbonyl (C=O) groups excluding carboxylic acids is 1. The van der Waals surface area contributed by atoms with Gasteiger partial charge in [-0.25, -0.2) is 4.79 Å². The summed E-state index contributed by atoms with van der Waals surface area (Å²) in [5.41, 5.74) is -0.682. The summed E-state index contributed by atoms with van der Waals surface area (Å²) in [6.07, 6.45) is 4.46. The summed E-state index contributed by atoms with van der Waals surface area (Å²) in [5.74, 6) is 0.710. The van der Waals surface area contributed by atoms with Crippen molar-refractivity contribution in [2.45, 2.75) is 45.2 Å². The highest BCUT2D eigenvalue weighted by molar-refractivity contribution is 5.76. The molecule has 1 aliphatic rings. The van der Waals surface area contributed by atoms with Gasteiger partial charge in [-0.15, -0.1) is 0 Å². The first kappa shape index (κ1) is 19.0. The van der Waals surface area contributed by atoms with Gasteiger partial charge in [0.25, 0.3) is 5.56 Å². The maximum Gasteiger partial charge on any atom is 0.328 e. The number of H-pyrrole nitrogens is 1. The van der Waals surface area contributed by atoms with E-state index in [2.05, 4.69) is 15.1 Å². The van der Waals surface area contributed by atoms with E-state index in [1.807, 2.05) is 0 Å². The van der Waals surface area contributed by atoms with Crippen molar-refractivity contribution in [1.82, 2.24) is 24.6 Å². The topological polar surface area (TPSA) is 123 Å². The van der Waals surface area contributed by atoms with E-state index in [0.717, 1.165) is 19.3 Å². The minimum atomic E-state index is -0.604. The highest BCUT2D eigenvalue weighted by Crippen LogP contribution is 2.30. The molecule has 1 amide bonds. The monoisotopic (exact) mass is 377 g/mol. The van der Waals surface area contributed by atoms with E-state index in [1.54, 1.807) is 18.9 Å². The lowest BCUT2D eigenvalue weighted by Crippen LogP contribution is -2.42. The molecular weight excluding hydrogens is 354 g/mol. The fraction of sp³-hybridized carbons (Fsp3) is 0.588. The van der Waals surface area contributed by atoms with E-state index in [9.17, 15) is 14.4 Å². The van der Waals surface area contributed by atoms with Crippen LogP contribution >= 0.6 is 0 Å². The average molecular weight is 377 g/mol. The number of carbonyl (C=O) groups is 1. The molecule has 27 heavy (non-hydrogen) atoms. The van der Waals surface area contributed by atoms with Gasteiger partial charge in [0.15, 0.2) is 5.82 Å². The first-order chi connectivity index (χ1) is 13.0. The standard InChI is InChI=1S/C17H23N5O5/c1-11-9-21(17(25)19-15(11)24)10-14(23)22-7-4-3-5-12(22)16-18-13(20-27-16)6-8-26-2/h9,12H,3-8,10H2,1-2H3,(H,19,24,25). The molecule has 10 heteroatoms. The van der Waals surface area contributed by atoms with Crippen LogP contribution in [0.25, 0.3) is 0 Å². The zero-order valence-corrected chi connectivity index (χ0v) is 15.4. The number of methoxy groups -OCH3 is 1. The summed E-state index contributed by atoms with van der Waals surface area (Å²) >= 11 is 0. The number of piperidine rings is 1. The maximum atomic E-state index is 12.8. The van der Waals surface area contributed by atoms with Crippen LogP contribution < -0.4 is 11.2 Å². The molecular formula is C17H23N5O5. The average Bonchev–Trinajstić information content (AvgIpc) is 3.13. The fourth-order valence-electron chi connectivity index (χ4n) is 3.16. The largest absolute Gasteiger partial charge is 0.384 e. The van der Waals surface area contributed by atoms with E-state index in [-0.39, 0.29) is 18.5 Å². The van der Waals surface area contributed by atoms with Gasteiger partial charge in [-0.2, -0.15) is 4.98 Å². The highest BCUT2D eigenvalue weighted by atomic mass is 16.5. The summed E-state index contributed by atoms with van der Waals surface area (Å²) in [5, 5.41) is 3.94. The minimum Gasteiger partial charge on any atom is -0.384 e. The molecule has 0 radical (unpaired) electrons. The predicted molar refractivity (Wildman–Crippen MR) is 94.2 cm³/mol. The van der Waals surface area contributed by atoms with Crippen LogP contribution in [0.15, 0.2) is 20.3 Å². The number of nitrogens with one attached hydrogen (secondary N) is 1. The summed E-state index contributed by atoms with van der Waals surface area (Å²) in [6, 6.07) is -0.311. The van der Waals surface area contributed by atoms with Crippen LogP contribution in [0, 0.1) is 6.92 Å². The molecule has 0 aliphatic carbocycles. The van der Waals surface area contributed by atoms with Gasteiger partial charge >= 0.3 is 5.69 Å². The zero-order valence-electron chi connectivity index (χ0n) is 15.4. The third kappa shape index (κ3) is 4.33. The lowest BCUT2D eigenvalue weighted by Gasteiger charge is -2.33. The number of ether oxygens (including phenoxy) is 1. The van der Waals surface area contributed by atoms with Crippen molar-refractivity contribution in [3.8, 4) is 0 Å². The van der Waals surface area contributed by atoms with Gasteiger partial charge in [-0.05, 0) is 26.2 Å². The van der Waals surface area contributed by atoms with Crippen LogP contribution in [0.1, 0.15) is 42.6 Å². The second-order valence-electron chi connectivity index (χ2n) is 6.59. The molecule has 0 saturated carbocycles. The highest BCUT2D eigenvalue weighted by Gasteiger charge is 2.32. The first-order valence-corrected chi connectivity index (χ1v) is 8.91. The van der Waals surface area contributed by atoms with Gasteiger partial charge in [-0.1, -0.05) is 5.16 Å². The third-order valence-corrected chi connectivity index (χ3v) is 4.62. The van der Waals surface area contributed by atoms with Gasteiger partial charge < -0.3 is 14.2 Å². The predicted octanol–water partition coefficient (Wildman–Crippen LogP) is 0.171. The van der Waals surface area contributed by atoms with E-state index >= 15 is 0 Å². The van der Waals surface area contributed by atoms with Crippen LogP contribution in [0.2, 0.25) is 0 Å². The lowest BCUT2D eigenvalue weighted by molar-refractivity contribution is -0.136. The van der Waals surface area contributed by atoms with Gasteiger partial charge in [0.2, 0.25) is 11.8 Å². The fourth-order valence-corrected chi connectivity index (χ4v) is 3.16. The molecule has 146 valence electrons. The Morgan fingerprint density at radius 2 is 2.22 bits per heavy atom. The summed E-state index contributed by atoms with van der Waals surface area (Å²) in [4.78, 5) is 44.6. The number of hydrogen-bond donors (Lipinski definition) is 1. The Morgan fingerprint density at radius 1 is 1.41 bits per heavy atom. The van der Waals surface area contributed by atoms with Crippen LogP contribution in [-0.2, 0) is 22.5 Å². The van der Waals surface area contributed by atoms with Crippen LogP contribution in [0.5, 0.6) is 0 Å². The van der Waals surface area contributed by atoms with Crippen molar-refractivity contribution in [3.05, 3.63) is 44.3 Å². The van der Waals surface area contributed by atoms with E-state index in [4.69, 9.17) is 9.26 Å². The van der Waals surface area contributed by atoms with E-state index < -0.39 is 11.2 Å². The normalized spacial score (nSPS) is 17.3. The quantitative estimate of drug-likeness (QED) is 0.761. The number of aromatic nitrogens is 4. The molecule has 1 fully saturated rings. The Labute approximate surface area is 155 Å². The van der Waals surface area contributed by atoms with E-state index in [0.29, 0.717) is 36.9 Å². The third-order valence-electron chi connectivity index (χ3n) is 4.62. The first-order valence-electron chi connectivity index (χ1n) is 8.91. The molecule has 1 aliphatic heterocycles. The number of nitrogens with zero attached hydrogens (tertiary/aromatic N) is 4. The number of aromatic amines is 1. The van der Waals surface area contributed by atoms with Crippen molar-refractivity contribution in [2.24, 2.45) is 0 Å². The van der Waals surface area contributed by atoms with Crippen LogP contribution in [0.4, 0.5) is 0 Å². The van der Waals surface area contributed by atoms with Gasteiger partial charge in [0, 0.05) is 31.8 Å². The Hall–Kier alpha value is -2.75. The van der Waals surface area contributed by atoms with E-state index in [1.165, 1.54) is 10.8 Å². The Kier molecular flexibility index (Phi) is 5.84. The van der Waals surface area contributed by atoms with Gasteiger partial charge in [0.1, 0.15) is 12.6 Å². The molecule has 2 aromatic heterocycles. The van der Waals surface area contributed by atoms with Crippen LogP contribution in [-0.4, -0.2) is 50.8 Å². The molecule has 1 saturated heterocycles. The Balaban J connectivity index is 1.77. The Morgan fingerprint density at radius 3 is 3.00 bits per heavy atom. The number of likely N-dealkylation sites (tertiary alicyclic amines) is 1. The summed E-state index contributed by atoms with van der Waals surface area (Å²) in [6.45, 7) is 2.47. The van der Waals surface area contributed by atoms with Crippen molar-refractivity contribution in [1.29, 1.82) is 0 Å². The second kappa shape index (κ2) is 8.30. The number of rotatable bonds is 6. The molecule has 3 heterocycles. The van der Waals surface area contributed by atoms with Crippen molar-refractivity contribution in [2.75, 3.05) is 20.3 Å². The summed E-state index contributed by atoms with van der Waals surface area (Å²) in [7, 11) is 1.60. The molecule has 10 nitrogen and oxygen atoms in total. The second-order valence-corrected chi connectivity index (χ2v) is 6.59. The summed E-state index contributed by atoms with van der Waals surface area (Å²) < 4.78 is 11.6.